The number of hydrogen-bond donors (Lipinski definition) is 0. The number of hydrogen-bond acceptors (Lipinski definition) is 1. The molecule has 2 unspecified atom stereocenters. The second kappa shape index (κ2) is 3.99. The summed E-state index contributed by atoms with van der Waals surface area (Å²) in [5.41, 5.74) is 2.53. The standard InChI is InChI=1S/C12H21N/c1-6-9(3)12-8-10(4)13(7-2)11(12)5/h9,12H,4-8H2,1-3H3. The van der Waals surface area contributed by atoms with Gasteiger partial charge >= 0.3 is 0 Å². The van der Waals surface area contributed by atoms with Crippen molar-refractivity contribution in [1.82, 2.24) is 4.90 Å². The number of rotatable bonds is 3. The molecular weight excluding hydrogens is 158 g/mol. The van der Waals surface area contributed by atoms with Crippen molar-refractivity contribution in [2.45, 2.75) is 33.6 Å². The monoisotopic (exact) mass is 179 g/mol. The molecule has 0 saturated carbocycles. The molecule has 0 aromatic rings. The largest absolute Gasteiger partial charge is 0.350 e. The van der Waals surface area contributed by atoms with Crippen LogP contribution < -0.4 is 0 Å². The number of nitrogens with zero attached hydrogens (tertiary/aromatic N) is 1. The van der Waals surface area contributed by atoms with E-state index in [-0.39, 0.29) is 0 Å². The highest BCUT2D eigenvalue weighted by molar-refractivity contribution is 5.20. The molecule has 1 aliphatic heterocycles. The van der Waals surface area contributed by atoms with Gasteiger partial charge in [-0.1, -0.05) is 33.4 Å². The maximum Gasteiger partial charge on any atom is 0.0196 e. The Labute approximate surface area is 82.1 Å². The van der Waals surface area contributed by atoms with Gasteiger partial charge in [0.2, 0.25) is 0 Å². The molecule has 1 nitrogen and oxygen atoms in total. The van der Waals surface area contributed by atoms with E-state index in [1.807, 2.05) is 0 Å². The van der Waals surface area contributed by atoms with E-state index in [0.717, 1.165) is 18.9 Å². The zero-order valence-corrected chi connectivity index (χ0v) is 9.14. The Kier molecular flexibility index (Phi) is 3.18. The van der Waals surface area contributed by atoms with Crippen LogP contribution in [0.4, 0.5) is 0 Å². The average Bonchev–Trinajstić information content (AvgIpc) is 2.40. The third-order valence-corrected chi connectivity index (χ3v) is 3.26. The van der Waals surface area contributed by atoms with Crippen LogP contribution in [0.2, 0.25) is 0 Å². The predicted molar refractivity (Wildman–Crippen MR) is 58.2 cm³/mol. The summed E-state index contributed by atoms with van der Waals surface area (Å²) < 4.78 is 0. The van der Waals surface area contributed by atoms with Crippen LogP contribution in [0.3, 0.4) is 0 Å². The lowest BCUT2D eigenvalue weighted by Gasteiger charge is -2.22. The number of likely N-dealkylation sites (tertiary alicyclic amines) is 1. The minimum Gasteiger partial charge on any atom is -0.350 e. The Balaban J connectivity index is 2.72. The quantitative estimate of drug-likeness (QED) is 0.642. The van der Waals surface area contributed by atoms with Crippen LogP contribution in [-0.2, 0) is 0 Å². The predicted octanol–water partition coefficient (Wildman–Crippen LogP) is 3.40. The van der Waals surface area contributed by atoms with Crippen molar-refractivity contribution in [1.29, 1.82) is 0 Å². The van der Waals surface area contributed by atoms with Gasteiger partial charge in [-0.2, -0.15) is 0 Å². The molecule has 0 N–H and O–H groups in total. The van der Waals surface area contributed by atoms with Crippen molar-refractivity contribution < 1.29 is 0 Å². The Morgan fingerprint density at radius 1 is 1.46 bits per heavy atom. The number of allylic oxidation sites excluding steroid dienone is 2. The van der Waals surface area contributed by atoms with Crippen LogP contribution in [0.1, 0.15) is 33.6 Å². The highest BCUT2D eigenvalue weighted by atomic mass is 15.2. The molecule has 0 aliphatic carbocycles. The van der Waals surface area contributed by atoms with Crippen LogP contribution in [0.5, 0.6) is 0 Å². The molecule has 13 heavy (non-hydrogen) atoms. The van der Waals surface area contributed by atoms with Gasteiger partial charge < -0.3 is 4.90 Å². The summed E-state index contributed by atoms with van der Waals surface area (Å²) >= 11 is 0. The van der Waals surface area contributed by atoms with Crippen LogP contribution in [0.25, 0.3) is 0 Å². The highest BCUT2D eigenvalue weighted by Crippen LogP contribution is 2.39. The summed E-state index contributed by atoms with van der Waals surface area (Å²) in [5.74, 6) is 1.37. The lowest BCUT2D eigenvalue weighted by molar-refractivity contribution is 0.386. The fourth-order valence-corrected chi connectivity index (χ4v) is 2.13. The third-order valence-electron chi connectivity index (χ3n) is 3.26. The van der Waals surface area contributed by atoms with E-state index in [1.54, 1.807) is 0 Å². The van der Waals surface area contributed by atoms with Gasteiger partial charge in [-0.3, -0.25) is 0 Å². The zero-order chi connectivity index (χ0) is 10.0. The molecule has 2 atom stereocenters. The van der Waals surface area contributed by atoms with Gasteiger partial charge in [-0.25, -0.2) is 0 Å². The molecule has 0 spiro atoms. The van der Waals surface area contributed by atoms with Crippen molar-refractivity contribution in [2.24, 2.45) is 11.8 Å². The molecular formula is C12H21N. The fraction of sp³-hybridized carbons (Fsp3) is 0.667. The normalized spacial score (nSPS) is 25.5. The average molecular weight is 179 g/mol. The van der Waals surface area contributed by atoms with Crippen LogP contribution in [0.15, 0.2) is 24.6 Å². The second-order valence-electron chi connectivity index (χ2n) is 4.00. The summed E-state index contributed by atoms with van der Waals surface area (Å²) in [5, 5.41) is 0. The van der Waals surface area contributed by atoms with E-state index in [0.29, 0.717) is 5.92 Å². The molecule has 1 fully saturated rings. The van der Waals surface area contributed by atoms with Gasteiger partial charge in [0.05, 0.1) is 0 Å². The van der Waals surface area contributed by atoms with Crippen molar-refractivity contribution in [2.75, 3.05) is 6.54 Å². The van der Waals surface area contributed by atoms with Crippen molar-refractivity contribution in [3.05, 3.63) is 24.6 Å². The van der Waals surface area contributed by atoms with Gasteiger partial charge in [0.25, 0.3) is 0 Å². The van der Waals surface area contributed by atoms with Crippen LogP contribution >= 0.6 is 0 Å². The Morgan fingerprint density at radius 2 is 2.08 bits per heavy atom. The molecule has 1 saturated heterocycles. The summed E-state index contributed by atoms with van der Waals surface area (Å²) in [6, 6.07) is 0. The first-order chi connectivity index (χ1) is 6.11. The lowest BCUT2D eigenvalue weighted by atomic mass is 9.89. The van der Waals surface area contributed by atoms with E-state index in [4.69, 9.17) is 0 Å². The van der Waals surface area contributed by atoms with Gasteiger partial charge in [0, 0.05) is 23.9 Å². The second-order valence-corrected chi connectivity index (χ2v) is 4.00. The first-order valence-corrected chi connectivity index (χ1v) is 5.25. The van der Waals surface area contributed by atoms with Gasteiger partial charge in [0.1, 0.15) is 0 Å². The molecule has 1 rings (SSSR count). The van der Waals surface area contributed by atoms with Crippen molar-refractivity contribution in [3.63, 3.8) is 0 Å². The molecule has 0 bridgehead atoms. The minimum atomic E-state index is 0.637. The molecule has 1 heterocycles. The summed E-state index contributed by atoms with van der Waals surface area (Å²) in [6.45, 7) is 16.0. The molecule has 0 aromatic carbocycles. The van der Waals surface area contributed by atoms with Gasteiger partial charge in [0.15, 0.2) is 0 Å². The van der Waals surface area contributed by atoms with E-state index in [1.165, 1.54) is 17.8 Å². The molecule has 1 heteroatoms. The Bertz CT molecular complexity index is 217. The van der Waals surface area contributed by atoms with Gasteiger partial charge in [-0.05, 0) is 19.3 Å². The van der Waals surface area contributed by atoms with Gasteiger partial charge in [-0.15, -0.1) is 0 Å². The lowest BCUT2D eigenvalue weighted by Crippen LogP contribution is -2.17. The summed E-state index contributed by atoms with van der Waals surface area (Å²) in [4.78, 5) is 2.26. The summed E-state index contributed by atoms with van der Waals surface area (Å²) in [6.07, 6.45) is 2.34. The third kappa shape index (κ3) is 1.79. The maximum atomic E-state index is 4.17. The molecule has 74 valence electrons. The summed E-state index contributed by atoms with van der Waals surface area (Å²) in [7, 11) is 0. The maximum absolute atomic E-state index is 4.17. The van der Waals surface area contributed by atoms with E-state index in [9.17, 15) is 0 Å². The molecule has 1 aliphatic rings. The zero-order valence-electron chi connectivity index (χ0n) is 9.14. The van der Waals surface area contributed by atoms with Crippen molar-refractivity contribution >= 4 is 0 Å². The van der Waals surface area contributed by atoms with Crippen molar-refractivity contribution in [3.8, 4) is 0 Å². The topological polar surface area (TPSA) is 3.24 Å². The highest BCUT2D eigenvalue weighted by Gasteiger charge is 2.31. The molecule has 0 radical (unpaired) electrons. The molecule has 0 amide bonds. The first-order valence-electron chi connectivity index (χ1n) is 5.25. The Hall–Kier alpha value is -0.720. The minimum absolute atomic E-state index is 0.637. The smallest absolute Gasteiger partial charge is 0.0196 e. The van der Waals surface area contributed by atoms with Crippen LogP contribution in [0, 0.1) is 11.8 Å². The SMILES string of the molecule is C=C1CC(C(C)CC)C(=C)N1CC. The van der Waals surface area contributed by atoms with Crippen LogP contribution in [-0.4, -0.2) is 11.4 Å². The van der Waals surface area contributed by atoms with E-state index in [2.05, 4.69) is 38.8 Å². The Morgan fingerprint density at radius 3 is 2.46 bits per heavy atom. The van der Waals surface area contributed by atoms with E-state index < -0.39 is 0 Å². The fourth-order valence-electron chi connectivity index (χ4n) is 2.13. The first kappa shape index (κ1) is 10.4. The molecule has 0 aromatic heterocycles. The van der Waals surface area contributed by atoms with E-state index >= 15 is 0 Å².